The van der Waals surface area contributed by atoms with Crippen LogP contribution in [-0.2, 0) is 23.6 Å². The van der Waals surface area contributed by atoms with Crippen LogP contribution < -0.4 is 16.0 Å². The molecule has 0 bridgehead atoms. The molecule has 1 aliphatic heterocycles. The van der Waals surface area contributed by atoms with E-state index in [1.54, 1.807) is 12.1 Å². The Kier molecular flexibility index (Phi) is 5.10. The fraction of sp³-hybridized carbons (Fsp3) is 0.174. The molecule has 3 aromatic carbocycles. The van der Waals surface area contributed by atoms with E-state index in [-0.39, 0.29) is 13.2 Å². The number of hydrogen-bond acceptors (Lipinski definition) is 5. The number of fused-ring (bicyclic) bond motifs is 1. The third-order valence-corrected chi connectivity index (χ3v) is 4.78. The average Bonchev–Trinajstić information content (AvgIpc) is 3.10. The first-order valence-corrected chi connectivity index (χ1v) is 9.34. The summed E-state index contributed by atoms with van der Waals surface area (Å²) in [7, 11) is 0. The summed E-state index contributed by atoms with van der Waals surface area (Å²) in [4.78, 5) is 21.9. The number of carbonyl (C=O) groups is 1. The number of anilines is 1. The van der Waals surface area contributed by atoms with Crippen LogP contribution in [0, 0.1) is 0 Å². The molecule has 0 saturated carbocycles. The van der Waals surface area contributed by atoms with Crippen LogP contribution in [0.1, 0.15) is 23.6 Å². The Labute approximate surface area is 168 Å². The molecular formula is C23H21N3O3. The molecule has 0 fully saturated rings. The molecule has 2 N–H and O–H groups in total. The number of nitrogens with one attached hydrogen (secondary N) is 1. The summed E-state index contributed by atoms with van der Waals surface area (Å²) in [5.74, 6) is 0. The normalized spacial score (nSPS) is 13.7. The lowest BCUT2D eigenvalue weighted by Crippen LogP contribution is -2.21. The third-order valence-electron chi connectivity index (χ3n) is 4.78. The Bertz CT molecular complexity index is 1120. The number of aliphatic hydroxyl groups is 1. The van der Waals surface area contributed by atoms with Crippen LogP contribution in [-0.4, -0.2) is 11.2 Å². The van der Waals surface area contributed by atoms with Crippen LogP contribution >= 0.6 is 0 Å². The van der Waals surface area contributed by atoms with Crippen molar-refractivity contribution in [1.82, 2.24) is 0 Å². The van der Waals surface area contributed by atoms with Crippen molar-refractivity contribution in [2.75, 3.05) is 5.32 Å². The van der Waals surface area contributed by atoms with E-state index in [0.717, 1.165) is 16.3 Å². The number of carbonyl (C=O) groups excluding carboxylic acids is 1. The second-order valence-electron chi connectivity index (χ2n) is 6.96. The van der Waals surface area contributed by atoms with Gasteiger partial charge >= 0.3 is 6.09 Å². The number of hydrogen-bond donors (Lipinski definition) is 2. The van der Waals surface area contributed by atoms with E-state index in [1.165, 1.54) is 0 Å². The minimum Gasteiger partial charge on any atom is -0.444 e. The average molecular weight is 387 g/mol. The minimum absolute atomic E-state index is 0.116. The van der Waals surface area contributed by atoms with Gasteiger partial charge in [-0.3, -0.25) is 5.32 Å². The lowest BCUT2D eigenvalue weighted by molar-refractivity contribution is 0.155. The predicted molar refractivity (Wildman–Crippen MR) is 109 cm³/mol. The first kappa shape index (κ1) is 18.8. The maximum atomic E-state index is 12.4. The summed E-state index contributed by atoms with van der Waals surface area (Å²) in [5, 5.41) is 14.0. The summed E-state index contributed by atoms with van der Waals surface area (Å²) in [6.07, 6.45) is -0.564. The van der Waals surface area contributed by atoms with Crippen molar-refractivity contribution in [2.45, 2.75) is 25.8 Å². The van der Waals surface area contributed by atoms with Gasteiger partial charge in [0, 0.05) is 5.56 Å². The van der Waals surface area contributed by atoms with Crippen molar-refractivity contribution in [3.05, 3.63) is 100 Å². The van der Waals surface area contributed by atoms with E-state index in [9.17, 15) is 9.90 Å². The molecule has 0 radical (unpaired) electrons. The van der Waals surface area contributed by atoms with Crippen LogP contribution in [0.15, 0.2) is 82.8 Å². The van der Waals surface area contributed by atoms with Crippen LogP contribution in [0.25, 0.3) is 0 Å². The maximum absolute atomic E-state index is 12.4. The number of amides is 1. The molecule has 1 amide bonds. The Morgan fingerprint density at radius 1 is 0.966 bits per heavy atom. The quantitative estimate of drug-likeness (QED) is 0.706. The number of para-hydroxylation sites is 2. The summed E-state index contributed by atoms with van der Waals surface area (Å²) >= 11 is 0. The number of nitrogens with zero attached hydrogens (tertiary/aromatic N) is 2. The van der Waals surface area contributed by atoms with Crippen molar-refractivity contribution >= 4 is 11.8 Å². The van der Waals surface area contributed by atoms with Crippen LogP contribution in [0.2, 0.25) is 0 Å². The van der Waals surface area contributed by atoms with Crippen molar-refractivity contribution in [3.8, 4) is 0 Å². The van der Waals surface area contributed by atoms with Crippen molar-refractivity contribution in [1.29, 1.82) is 0 Å². The van der Waals surface area contributed by atoms with Crippen LogP contribution in [0.5, 0.6) is 0 Å². The fourth-order valence-corrected chi connectivity index (χ4v) is 3.33. The van der Waals surface area contributed by atoms with Crippen LogP contribution in [0.3, 0.4) is 0 Å². The summed E-state index contributed by atoms with van der Waals surface area (Å²) < 4.78 is 5.34. The highest BCUT2D eigenvalue weighted by molar-refractivity contribution is 5.86. The van der Waals surface area contributed by atoms with Gasteiger partial charge in [-0.1, -0.05) is 48.5 Å². The van der Waals surface area contributed by atoms with Gasteiger partial charge in [-0.25, -0.2) is 14.8 Å². The second kappa shape index (κ2) is 7.85. The Morgan fingerprint density at radius 2 is 1.62 bits per heavy atom. The van der Waals surface area contributed by atoms with Crippen molar-refractivity contribution in [3.63, 3.8) is 0 Å². The molecule has 0 saturated heterocycles. The molecule has 3 aromatic rings. The monoisotopic (exact) mass is 387 g/mol. The molecule has 0 unspecified atom stereocenters. The highest BCUT2D eigenvalue weighted by Gasteiger charge is 2.31. The zero-order chi connectivity index (χ0) is 20.3. The maximum Gasteiger partial charge on any atom is 0.411 e. The Hall–Kier alpha value is -3.51. The van der Waals surface area contributed by atoms with E-state index < -0.39 is 11.8 Å². The van der Waals surface area contributed by atoms with Gasteiger partial charge in [0.05, 0.1) is 23.0 Å². The minimum atomic E-state index is -0.906. The molecule has 6 heteroatoms. The first-order chi connectivity index (χ1) is 14.1. The van der Waals surface area contributed by atoms with E-state index in [0.29, 0.717) is 16.8 Å². The van der Waals surface area contributed by atoms with Gasteiger partial charge in [0.25, 0.3) is 0 Å². The topological polar surface area (TPSA) is 83.3 Å². The largest absolute Gasteiger partial charge is 0.444 e. The number of aliphatic hydroxyl groups excluding tert-OH is 1. The molecule has 29 heavy (non-hydrogen) atoms. The zero-order valence-electron chi connectivity index (χ0n) is 16.0. The molecule has 6 nitrogen and oxygen atoms in total. The molecule has 0 aromatic heterocycles. The van der Waals surface area contributed by atoms with Gasteiger partial charge in [0.15, 0.2) is 5.66 Å². The number of ether oxygens (including phenoxy) is 1. The molecule has 4 rings (SSSR count). The SMILES string of the molecule is CC1(c2cc(CO)ccc2NC(=O)OCc2ccccc2)N=c2ccccc2=N1. The summed E-state index contributed by atoms with van der Waals surface area (Å²) in [6, 6.07) is 22.4. The van der Waals surface area contributed by atoms with Gasteiger partial charge < -0.3 is 9.84 Å². The van der Waals surface area contributed by atoms with Crippen LogP contribution in [0.4, 0.5) is 10.5 Å². The predicted octanol–water partition coefficient (Wildman–Crippen LogP) is 3.05. The van der Waals surface area contributed by atoms with Gasteiger partial charge in [0.2, 0.25) is 0 Å². The first-order valence-electron chi connectivity index (χ1n) is 9.34. The summed E-state index contributed by atoms with van der Waals surface area (Å²) in [6.45, 7) is 1.94. The highest BCUT2D eigenvalue weighted by Crippen LogP contribution is 2.34. The highest BCUT2D eigenvalue weighted by atomic mass is 16.5. The van der Waals surface area contributed by atoms with Gasteiger partial charge in [-0.15, -0.1) is 0 Å². The molecule has 146 valence electrons. The lowest BCUT2D eigenvalue weighted by Gasteiger charge is -2.22. The lowest BCUT2D eigenvalue weighted by atomic mass is 9.98. The molecule has 0 atom stereocenters. The smallest absolute Gasteiger partial charge is 0.411 e. The number of rotatable bonds is 5. The van der Waals surface area contributed by atoms with E-state index in [2.05, 4.69) is 5.32 Å². The Morgan fingerprint density at radius 3 is 2.28 bits per heavy atom. The molecule has 1 heterocycles. The molecule has 1 aliphatic rings. The van der Waals surface area contributed by atoms with Gasteiger partial charge in [-0.2, -0.15) is 0 Å². The molecule has 0 aliphatic carbocycles. The molecule has 0 spiro atoms. The van der Waals surface area contributed by atoms with Gasteiger partial charge in [-0.05, 0) is 42.3 Å². The Balaban J connectivity index is 1.61. The standard InChI is InChI=1S/C23H21N3O3/c1-23(25-20-9-5-6-10-21(20)26-23)18-13-17(14-27)11-12-19(18)24-22(28)29-15-16-7-3-2-4-8-16/h2-13,27H,14-15H2,1H3,(H,24,28). The third kappa shape index (κ3) is 4.02. The summed E-state index contributed by atoms with van der Waals surface area (Å²) in [5.41, 5.74) is 1.95. The van der Waals surface area contributed by atoms with Crippen molar-refractivity contribution in [2.24, 2.45) is 9.98 Å². The van der Waals surface area contributed by atoms with Gasteiger partial charge in [0.1, 0.15) is 6.61 Å². The molecular weight excluding hydrogens is 366 g/mol. The van der Waals surface area contributed by atoms with E-state index in [1.807, 2.05) is 67.6 Å². The fourth-order valence-electron chi connectivity index (χ4n) is 3.33. The van der Waals surface area contributed by atoms with E-state index >= 15 is 0 Å². The second-order valence-corrected chi connectivity index (χ2v) is 6.96. The number of benzene rings is 3. The van der Waals surface area contributed by atoms with Crippen molar-refractivity contribution < 1.29 is 14.6 Å². The van der Waals surface area contributed by atoms with E-state index in [4.69, 9.17) is 14.7 Å². The zero-order valence-corrected chi connectivity index (χ0v) is 16.0.